The van der Waals surface area contributed by atoms with Crippen LogP contribution in [-0.2, 0) is 9.53 Å². The molecule has 0 aromatic carbocycles. The van der Waals surface area contributed by atoms with Crippen LogP contribution < -0.4 is 0 Å². The molecule has 1 fully saturated rings. The van der Waals surface area contributed by atoms with Gasteiger partial charge in [-0.25, -0.2) is 4.79 Å². The van der Waals surface area contributed by atoms with Gasteiger partial charge in [0, 0.05) is 0 Å². The predicted molar refractivity (Wildman–Crippen MR) is 33.6 cm³/mol. The molecule has 11 heavy (non-hydrogen) atoms. The number of carbonyl (C=O) groups is 1. The standard InChI is InChI=1S/C6H10O5/c1-2(7)3(8)5-4(9)6(10)11-5/h2-5,7-9H,1H3/t2-,3-,4+,5-/m1/s1. The fourth-order valence-electron chi connectivity index (χ4n) is 0.861. The highest BCUT2D eigenvalue weighted by Crippen LogP contribution is 2.19. The molecule has 4 atom stereocenters. The molecule has 64 valence electrons. The van der Waals surface area contributed by atoms with Gasteiger partial charge >= 0.3 is 5.97 Å². The molecule has 1 aliphatic rings. The van der Waals surface area contributed by atoms with Gasteiger partial charge in [-0.05, 0) is 6.92 Å². The Morgan fingerprint density at radius 2 is 2.09 bits per heavy atom. The van der Waals surface area contributed by atoms with Gasteiger partial charge in [0.2, 0.25) is 0 Å². The van der Waals surface area contributed by atoms with Crippen molar-refractivity contribution in [2.75, 3.05) is 0 Å². The summed E-state index contributed by atoms with van der Waals surface area (Å²) in [5.74, 6) is -0.755. The maximum atomic E-state index is 10.3. The maximum absolute atomic E-state index is 10.3. The van der Waals surface area contributed by atoms with Gasteiger partial charge in [0.25, 0.3) is 0 Å². The number of aliphatic hydroxyl groups excluding tert-OH is 3. The van der Waals surface area contributed by atoms with E-state index in [2.05, 4.69) is 4.74 Å². The van der Waals surface area contributed by atoms with E-state index in [1.165, 1.54) is 6.92 Å². The van der Waals surface area contributed by atoms with Crippen LogP contribution in [0.15, 0.2) is 0 Å². The van der Waals surface area contributed by atoms with E-state index < -0.39 is 30.4 Å². The fourth-order valence-corrected chi connectivity index (χ4v) is 0.861. The van der Waals surface area contributed by atoms with Crippen LogP contribution in [0.2, 0.25) is 0 Å². The van der Waals surface area contributed by atoms with Gasteiger partial charge in [-0.1, -0.05) is 0 Å². The number of cyclic esters (lactones) is 1. The third-order valence-electron chi connectivity index (χ3n) is 1.64. The van der Waals surface area contributed by atoms with Crippen molar-refractivity contribution in [2.45, 2.75) is 31.3 Å². The summed E-state index contributed by atoms with van der Waals surface area (Å²) in [6.07, 6.45) is -4.48. The van der Waals surface area contributed by atoms with Crippen molar-refractivity contribution < 1.29 is 24.9 Å². The zero-order chi connectivity index (χ0) is 8.59. The zero-order valence-electron chi connectivity index (χ0n) is 5.97. The summed E-state index contributed by atoms with van der Waals surface area (Å²) in [7, 11) is 0. The molecule has 0 radical (unpaired) electrons. The van der Waals surface area contributed by atoms with Crippen LogP contribution in [0.25, 0.3) is 0 Å². The lowest BCUT2D eigenvalue weighted by Crippen LogP contribution is -2.58. The van der Waals surface area contributed by atoms with Crippen molar-refractivity contribution in [3.05, 3.63) is 0 Å². The molecule has 0 aromatic heterocycles. The second kappa shape index (κ2) is 2.77. The first-order chi connectivity index (χ1) is 5.04. The molecule has 1 heterocycles. The minimum absolute atomic E-state index is 0.755. The summed E-state index contributed by atoms with van der Waals surface area (Å²) in [5, 5.41) is 26.7. The number of hydrogen-bond donors (Lipinski definition) is 3. The molecule has 1 rings (SSSR count). The number of hydrogen-bond acceptors (Lipinski definition) is 5. The molecule has 1 saturated heterocycles. The zero-order valence-corrected chi connectivity index (χ0v) is 5.97. The molecular weight excluding hydrogens is 152 g/mol. The highest BCUT2D eigenvalue weighted by Gasteiger charge is 2.46. The Bertz CT molecular complexity index is 166. The second-order valence-corrected chi connectivity index (χ2v) is 2.58. The topological polar surface area (TPSA) is 87.0 Å². The first kappa shape index (κ1) is 8.45. The Kier molecular flexibility index (Phi) is 2.12. The minimum Gasteiger partial charge on any atom is -0.454 e. The average Bonchev–Trinajstić information content (AvgIpc) is 1.98. The number of ether oxygens (including phenoxy) is 1. The molecule has 0 spiro atoms. The van der Waals surface area contributed by atoms with E-state index in [0.717, 1.165) is 0 Å². The minimum atomic E-state index is -1.29. The molecule has 0 amide bonds. The van der Waals surface area contributed by atoms with Crippen molar-refractivity contribution >= 4 is 5.97 Å². The fraction of sp³-hybridized carbons (Fsp3) is 0.833. The highest BCUT2D eigenvalue weighted by atomic mass is 16.6. The summed E-state index contributed by atoms with van der Waals surface area (Å²) in [6, 6.07) is 0. The van der Waals surface area contributed by atoms with Crippen LogP contribution in [0.4, 0.5) is 0 Å². The number of aliphatic hydroxyl groups is 3. The van der Waals surface area contributed by atoms with Gasteiger partial charge in [0.15, 0.2) is 12.2 Å². The van der Waals surface area contributed by atoms with Gasteiger partial charge in [0.1, 0.15) is 6.10 Å². The van der Waals surface area contributed by atoms with E-state index in [0.29, 0.717) is 0 Å². The lowest BCUT2D eigenvalue weighted by atomic mass is 10.00. The van der Waals surface area contributed by atoms with Gasteiger partial charge in [-0.3, -0.25) is 0 Å². The first-order valence-corrected chi connectivity index (χ1v) is 3.28. The first-order valence-electron chi connectivity index (χ1n) is 3.28. The summed E-state index contributed by atoms with van der Waals surface area (Å²) in [5.41, 5.74) is 0. The highest BCUT2D eigenvalue weighted by molar-refractivity contribution is 5.80. The third-order valence-corrected chi connectivity index (χ3v) is 1.64. The quantitative estimate of drug-likeness (QED) is 0.409. The predicted octanol–water partition coefficient (Wildman–Crippen LogP) is -1.99. The van der Waals surface area contributed by atoms with Crippen LogP contribution in [0.5, 0.6) is 0 Å². The Morgan fingerprint density at radius 3 is 2.36 bits per heavy atom. The summed E-state index contributed by atoms with van der Waals surface area (Å²) < 4.78 is 4.38. The summed E-state index contributed by atoms with van der Waals surface area (Å²) in [6.45, 7) is 1.35. The molecule has 0 aromatic rings. The largest absolute Gasteiger partial charge is 0.454 e. The van der Waals surface area contributed by atoms with Crippen LogP contribution in [0, 0.1) is 0 Å². The van der Waals surface area contributed by atoms with Crippen LogP contribution in [-0.4, -0.2) is 45.7 Å². The van der Waals surface area contributed by atoms with E-state index in [1.54, 1.807) is 0 Å². The number of carbonyl (C=O) groups excluding carboxylic acids is 1. The van der Waals surface area contributed by atoms with Gasteiger partial charge in [-0.2, -0.15) is 0 Å². The molecule has 3 N–H and O–H groups in total. The number of esters is 1. The van der Waals surface area contributed by atoms with E-state index in [4.69, 9.17) is 15.3 Å². The Morgan fingerprint density at radius 1 is 1.55 bits per heavy atom. The Hall–Kier alpha value is -0.650. The van der Waals surface area contributed by atoms with Crippen molar-refractivity contribution in [3.63, 3.8) is 0 Å². The van der Waals surface area contributed by atoms with Gasteiger partial charge < -0.3 is 20.1 Å². The van der Waals surface area contributed by atoms with Crippen molar-refractivity contribution in [2.24, 2.45) is 0 Å². The Labute approximate surface area is 63.2 Å². The summed E-state index contributed by atoms with van der Waals surface area (Å²) >= 11 is 0. The van der Waals surface area contributed by atoms with Gasteiger partial charge in [0.05, 0.1) is 6.10 Å². The van der Waals surface area contributed by atoms with Crippen LogP contribution >= 0.6 is 0 Å². The monoisotopic (exact) mass is 162 g/mol. The molecular formula is C6H10O5. The lowest BCUT2D eigenvalue weighted by molar-refractivity contribution is -0.219. The van der Waals surface area contributed by atoms with Crippen molar-refractivity contribution in [3.8, 4) is 0 Å². The van der Waals surface area contributed by atoms with Crippen LogP contribution in [0.3, 0.4) is 0 Å². The van der Waals surface area contributed by atoms with Crippen molar-refractivity contribution in [1.82, 2.24) is 0 Å². The average molecular weight is 162 g/mol. The van der Waals surface area contributed by atoms with Gasteiger partial charge in [-0.15, -0.1) is 0 Å². The van der Waals surface area contributed by atoms with Crippen molar-refractivity contribution in [1.29, 1.82) is 0 Å². The molecule has 5 heteroatoms. The van der Waals surface area contributed by atoms with E-state index in [-0.39, 0.29) is 0 Å². The third kappa shape index (κ3) is 1.35. The van der Waals surface area contributed by atoms with E-state index in [1.807, 2.05) is 0 Å². The van der Waals surface area contributed by atoms with Crippen LogP contribution in [0.1, 0.15) is 6.92 Å². The number of rotatable bonds is 2. The SMILES string of the molecule is C[C@@H](O)[C@@H](O)[C@H]1OC(=O)[C@H]1O. The molecule has 0 saturated carbocycles. The smallest absolute Gasteiger partial charge is 0.339 e. The Balaban J connectivity index is 2.45. The normalized spacial score (nSPS) is 35.5. The summed E-state index contributed by atoms with van der Waals surface area (Å²) in [4.78, 5) is 10.3. The molecule has 5 nitrogen and oxygen atoms in total. The molecule has 0 unspecified atom stereocenters. The molecule has 1 aliphatic heterocycles. The lowest BCUT2D eigenvalue weighted by Gasteiger charge is -2.35. The van der Waals surface area contributed by atoms with E-state index >= 15 is 0 Å². The molecule has 0 aliphatic carbocycles. The second-order valence-electron chi connectivity index (χ2n) is 2.58. The maximum Gasteiger partial charge on any atom is 0.339 e. The molecule has 0 bridgehead atoms. The van der Waals surface area contributed by atoms with E-state index in [9.17, 15) is 4.79 Å².